The van der Waals surface area contributed by atoms with Gasteiger partial charge in [-0.05, 0) is 72.8 Å². The Morgan fingerprint density at radius 3 is 2.61 bits per heavy atom. The highest BCUT2D eigenvalue weighted by Crippen LogP contribution is 2.27. The summed E-state index contributed by atoms with van der Waals surface area (Å²) in [7, 11) is 1.69. The van der Waals surface area contributed by atoms with E-state index < -0.39 is 0 Å². The number of aromatic nitrogens is 2. The minimum atomic E-state index is -0.0567. The third kappa shape index (κ3) is 4.57. The molecule has 0 unspecified atom stereocenters. The second-order valence-corrected chi connectivity index (χ2v) is 8.18. The molecule has 0 bridgehead atoms. The minimum absolute atomic E-state index is 0.0567. The molecule has 4 rings (SSSR count). The van der Waals surface area contributed by atoms with Crippen LogP contribution in [0.5, 0.6) is 5.75 Å². The summed E-state index contributed by atoms with van der Waals surface area (Å²) < 4.78 is 7.14. The Morgan fingerprint density at radius 1 is 1.06 bits per heavy atom. The molecule has 5 heteroatoms. The van der Waals surface area contributed by atoms with E-state index in [4.69, 9.17) is 9.72 Å². The van der Waals surface area contributed by atoms with Gasteiger partial charge in [-0.3, -0.25) is 14.1 Å². The lowest BCUT2D eigenvalue weighted by atomic mass is 10.0. The van der Waals surface area contributed by atoms with Gasteiger partial charge in [0, 0.05) is 30.9 Å². The van der Waals surface area contributed by atoms with Gasteiger partial charge >= 0.3 is 0 Å². The number of pyridine rings is 1. The van der Waals surface area contributed by atoms with Gasteiger partial charge in [0.25, 0.3) is 5.56 Å². The number of ether oxygens (including phenoxy) is 1. The van der Waals surface area contributed by atoms with E-state index in [0.717, 1.165) is 61.3 Å². The van der Waals surface area contributed by atoms with Gasteiger partial charge in [-0.2, -0.15) is 0 Å². The van der Waals surface area contributed by atoms with E-state index in [1.807, 2.05) is 24.4 Å². The van der Waals surface area contributed by atoms with Crippen molar-refractivity contribution in [3.8, 4) is 17.0 Å². The van der Waals surface area contributed by atoms with Crippen molar-refractivity contribution in [1.82, 2.24) is 14.3 Å². The molecule has 162 valence electrons. The fourth-order valence-electron chi connectivity index (χ4n) is 4.34. The highest BCUT2D eigenvalue weighted by Gasteiger charge is 2.14. The maximum absolute atomic E-state index is 12.9. The van der Waals surface area contributed by atoms with Crippen LogP contribution < -0.4 is 10.3 Å². The van der Waals surface area contributed by atoms with Crippen LogP contribution in [0.4, 0.5) is 0 Å². The van der Waals surface area contributed by atoms with Crippen LogP contribution in [0.15, 0.2) is 53.5 Å². The van der Waals surface area contributed by atoms with Gasteiger partial charge in [-0.15, -0.1) is 0 Å². The Hall–Kier alpha value is -2.92. The number of fused-ring (bicyclic) bond motifs is 1. The summed E-state index contributed by atoms with van der Waals surface area (Å²) in [5.41, 5.74) is 5.81. The zero-order valence-corrected chi connectivity index (χ0v) is 18.7. The summed E-state index contributed by atoms with van der Waals surface area (Å²) >= 11 is 0. The van der Waals surface area contributed by atoms with Gasteiger partial charge in [0.1, 0.15) is 11.4 Å². The molecule has 3 heterocycles. The fourth-order valence-corrected chi connectivity index (χ4v) is 4.34. The summed E-state index contributed by atoms with van der Waals surface area (Å²) in [6.45, 7) is 7.55. The zero-order valence-electron chi connectivity index (χ0n) is 18.7. The van der Waals surface area contributed by atoms with Crippen LogP contribution in [-0.2, 0) is 6.42 Å². The van der Waals surface area contributed by atoms with E-state index in [-0.39, 0.29) is 5.56 Å². The SMILES string of the molecule is CCCc1cc(-c2cc(=O)n3cc(C4=CCN(CCC)CC4)ccc3n2)ccc1OC. The lowest BCUT2D eigenvalue weighted by Crippen LogP contribution is -2.29. The Balaban J connectivity index is 1.67. The molecular formula is C26H31N3O2. The molecular weight excluding hydrogens is 386 g/mol. The normalized spacial score (nSPS) is 14.6. The average Bonchev–Trinajstić information content (AvgIpc) is 2.80. The van der Waals surface area contributed by atoms with Gasteiger partial charge in [0.15, 0.2) is 0 Å². The monoisotopic (exact) mass is 417 g/mol. The molecule has 0 fully saturated rings. The predicted molar refractivity (Wildman–Crippen MR) is 127 cm³/mol. The molecule has 0 atom stereocenters. The van der Waals surface area contributed by atoms with E-state index in [2.05, 4.69) is 37.0 Å². The van der Waals surface area contributed by atoms with Crippen molar-refractivity contribution in [2.24, 2.45) is 0 Å². The molecule has 0 saturated carbocycles. The summed E-state index contributed by atoms with van der Waals surface area (Å²) in [5, 5.41) is 0. The first-order chi connectivity index (χ1) is 15.1. The fraction of sp³-hybridized carbons (Fsp3) is 0.385. The number of hydrogen-bond donors (Lipinski definition) is 0. The zero-order chi connectivity index (χ0) is 21.8. The van der Waals surface area contributed by atoms with Crippen LogP contribution in [0.2, 0.25) is 0 Å². The highest BCUT2D eigenvalue weighted by molar-refractivity contribution is 5.68. The van der Waals surface area contributed by atoms with Crippen LogP contribution >= 0.6 is 0 Å². The number of methoxy groups -OCH3 is 1. The molecule has 1 aliphatic rings. The molecule has 3 aromatic rings. The molecule has 1 aliphatic heterocycles. The number of benzene rings is 1. The largest absolute Gasteiger partial charge is 0.496 e. The summed E-state index contributed by atoms with van der Waals surface area (Å²) in [4.78, 5) is 20.2. The first kappa shape index (κ1) is 21.3. The smallest absolute Gasteiger partial charge is 0.258 e. The van der Waals surface area contributed by atoms with Crippen molar-refractivity contribution >= 4 is 11.2 Å². The molecule has 1 aromatic carbocycles. The van der Waals surface area contributed by atoms with Crippen molar-refractivity contribution in [2.75, 3.05) is 26.7 Å². The molecule has 31 heavy (non-hydrogen) atoms. The average molecular weight is 418 g/mol. The molecule has 0 radical (unpaired) electrons. The molecule has 0 N–H and O–H groups in total. The summed E-state index contributed by atoms with van der Waals surface area (Å²) in [5.74, 6) is 0.881. The Morgan fingerprint density at radius 2 is 1.90 bits per heavy atom. The third-order valence-corrected chi connectivity index (χ3v) is 5.96. The van der Waals surface area contributed by atoms with E-state index in [9.17, 15) is 4.79 Å². The standard InChI is InChI=1S/C26H31N3O2/c1-4-6-21-16-20(7-9-24(21)31-3)23-17-26(30)29-18-22(8-10-25(29)27-23)19-11-14-28(13-5-2)15-12-19/h7-11,16-18H,4-6,12-15H2,1-3H3. The van der Waals surface area contributed by atoms with Gasteiger partial charge in [-0.25, -0.2) is 4.98 Å². The number of aryl methyl sites for hydroxylation is 1. The number of rotatable bonds is 7. The quantitative estimate of drug-likeness (QED) is 0.553. The van der Waals surface area contributed by atoms with Crippen molar-refractivity contribution in [3.63, 3.8) is 0 Å². The number of hydrogen-bond acceptors (Lipinski definition) is 4. The maximum Gasteiger partial charge on any atom is 0.258 e. The predicted octanol–water partition coefficient (Wildman–Crippen LogP) is 4.82. The Kier molecular flexibility index (Phi) is 6.52. The minimum Gasteiger partial charge on any atom is -0.496 e. The second kappa shape index (κ2) is 9.48. The first-order valence-electron chi connectivity index (χ1n) is 11.3. The van der Waals surface area contributed by atoms with Gasteiger partial charge < -0.3 is 4.74 Å². The molecule has 2 aromatic heterocycles. The summed E-state index contributed by atoms with van der Waals surface area (Å²) in [6.07, 6.45) is 8.38. The molecule has 0 spiro atoms. The van der Waals surface area contributed by atoms with Crippen LogP contribution in [0.25, 0.3) is 22.5 Å². The van der Waals surface area contributed by atoms with Gasteiger partial charge in [0.05, 0.1) is 12.8 Å². The second-order valence-electron chi connectivity index (χ2n) is 8.18. The van der Waals surface area contributed by atoms with Crippen molar-refractivity contribution in [1.29, 1.82) is 0 Å². The third-order valence-electron chi connectivity index (χ3n) is 5.96. The van der Waals surface area contributed by atoms with Crippen LogP contribution in [0.3, 0.4) is 0 Å². The lowest BCUT2D eigenvalue weighted by Gasteiger charge is -2.26. The van der Waals surface area contributed by atoms with E-state index in [0.29, 0.717) is 11.3 Å². The Bertz CT molecular complexity index is 1160. The molecule has 0 aliphatic carbocycles. The maximum atomic E-state index is 12.9. The van der Waals surface area contributed by atoms with E-state index in [1.54, 1.807) is 17.6 Å². The number of nitrogens with zero attached hydrogens (tertiary/aromatic N) is 3. The van der Waals surface area contributed by atoms with Gasteiger partial charge in [-0.1, -0.05) is 26.3 Å². The topological polar surface area (TPSA) is 46.8 Å². The van der Waals surface area contributed by atoms with Crippen LogP contribution in [0.1, 0.15) is 44.2 Å². The van der Waals surface area contributed by atoms with Crippen molar-refractivity contribution < 1.29 is 4.74 Å². The van der Waals surface area contributed by atoms with E-state index in [1.165, 1.54) is 12.0 Å². The Labute approximate surface area is 184 Å². The lowest BCUT2D eigenvalue weighted by molar-refractivity contribution is 0.302. The van der Waals surface area contributed by atoms with Gasteiger partial charge in [0.2, 0.25) is 0 Å². The highest BCUT2D eigenvalue weighted by atomic mass is 16.5. The van der Waals surface area contributed by atoms with Crippen molar-refractivity contribution in [3.05, 3.63) is 70.2 Å². The van der Waals surface area contributed by atoms with Crippen LogP contribution in [0, 0.1) is 0 Å². The van der Waals surface area contributed by atoms with Crippen LogP contribution in [-0.4, -0.2) is 41.0 Å². The van der Waals surface area contributed by atoms with E-state index >= 15 is 0 Å². The van der Waals surface area contributed by atoms with Crippen molar-refractivity contribution in [2.45, 2.75) is 39.5 Å². The molecule has 0 saturated heterocycles. The molecule has 5 nitrogen and oxygen atoms in total. The first-order valence-corrected chi connectivity index (χ1v) is 11.3. The summed E-state index contributed by atoms with van der Waals surface area (Å²) in [6, 6.07) is 11.7. The molecule has 0 amide bonds.